The second-order valence-electron chi connectivity index (χ2n) is 6.70. The normalized spacial score (nSPS) is 14.5. The predicted molar refractivity (Wildman–Crippen MR) is 103 cm³/mol. The number of benzene rings is 2. The van der Waals surface area contributed by atoms with Gasteiger partial charge in [0.15, 0.2) is 6.61 Å². The van der Waals surface area contributed by atoms with Gasteiger partial charge >= 0.3 is 0 Å². The molecule has 2 aromatic carbocycles. The van der Waals surface area contributed by atoms with Crippen LogP contribution >= 0.6 is 0 Å². The van der Waals surface area contributed by atoms with E-state index >= 15 is 0 Å². The minimum absolute atomic E-state index is 0.00649. The van der Waals surface area contributed by atoms with Gasteiger partial charge in [0.2, 0.25) is 0 Å². The predicted octanol–water partition coefficient (Wildman–Crippen LogP) is 0.910. The van der Waals surface area contributed by atoms with E-state index in [-0.39, 0.29) is 23.1 Å². The molecule has 0 spiro atoms. The Labute approximate surface area is 163 Å². The molecule has 8 nitrogen and oxygen atoms in total. The number of carbonyl (C=O) groups is 1. The molecule has 1 amide bonds. The molecule has 0 saturated carbocycles. The molecule has 1 heterocycles. The number of nitrogens with one attached hydrogen (secondary N) is 1. The van der Waals surface area contributed by atoms with Crippen LogP contribution in [0.25, 0.3) is 0 Å². The minimum atomic E-state index is -0.377. The lowest BCUT2D eigenvalue weighted by molar-refractivity contribution is -0.917. The van der Waals surface area contributed by atoms with Crippen molar-refractivity contribution in [2.24, 2.45) is 0 Å². The maximum atomic E-state index is 12.4. The molecule has 0 atom stereocenters. The Morgan fingerprint density at radius 1 is 1.14 bits per heavy atom. The van der Waals surface area contributed by atoms with Gasteiger partial charge in [-0.25, -0.2) is 0 Å². The molecule has 0 bridgehead atoms. The van der Waals surface area contributed by atoms with Crippen LogP contribution in [-0.4, -0.2) is 55.6 Å². The van der Waals surface area contributed by atoms with E-state index in [4.69, 9.17) is 9.47 Å². The van der Waals surface area contributed by atoms with Crippen LogP contribution in [0.4, 0.5) is 5.69 Å². The number of nitrogens with zero attached hydrogens (tertiary/aromatic N) is 2. The van der Waals surface area contributed by atoms with Crippen molar-refractivity contribution in [1.82, 2.24) is 4.90 Å². The number of ether oxygens (including phenoxy) is 2. The van der Waals surface area contributed by atoms with Crippen molar-refractivity contribution in [2.75, 3.05) is 39.9 Å². The second-order valence-corrected chi connectivity index (χ2v) is 6.70. The third kappa shape index (κ3) is 5.20. The zero-order valence-electron chi connectivity index (χ0n) is 15.8. The fourth-order valence-corrected chi connectivity index (χ4v) is 3.23. The van der Waals surface area contributed by atoms with E-state index < -0.39 is 0 Å². The van der Waals surface area contributed by atoms with E-state index in [1.54, 1.807) is 48.4 Å². The van der Waals surface area contributed by atoms with Crippen molar-refractivity contribution >= 4 is 11.6 Å². The largest absolute Gasteiger partial charge is 0.497 e. The van der Waals surface area contributed by atoms with Crippen LogP contribution in [0.3, 0.4) is 0 Å². The molecule has 0 aliphatic carbocycles. The van der Waals surface area contributed by atoms with Gasteiger partial charge < -0.3 is 19.3 Å². The van der Waals surface area contributed by atoms with Crippen LogP contribution in [0.1, 0.15) is 5.56 Å². The summed E-state index contributed by atoms with van der Waals surface area (Å²) in [4.78, 5) is 26.0. The molecule has 1 aliphatic rings. The van der Waals surface area contributed by atoms with Crippen LogP contribution in [0.2, 0.25) is 0 Å². The number of carbonyl (C=O) groups excluding carboxylic acids is 1. The zero-order valence-corrected chi connectivity index (χ0v) is 15.8. The molecule has 1 fully saturated rings. The van der Waals surface area contributed by atoms with E-state index in [9.17, 15) is 14.9 Å². The summed E-state index contributed by atoms with van der Waals surface area (Å²) in [5.41, 5.74) is 1.05. The monoisotopic (exact) mass is 386 g/mol. The first-order valence-electron chi connectivity index (χ1n) is 9.16. The molecule has 28 heavy (non-hydrogen) atoms. The summed E-state index contributed by atoms with van der Waals surface area (Å²) in [6.07, 6.45) is 0. The lowest BCUT2D eigenvalue weighted by atomic mass is 10.1. The first-order chi connectivity index (χ1) is 13.5. The van der Waals surface area contributed by atoms with Crippen LogP contribution in [0.5, 0.6) is 11.5 Å². The average molecular weight is 386 g/mol. The second kappa shape index (κ2) is 9.18. The summed E-state index contributed by atoms with van der Waals surface area (Å²) in [6.45, 7) is 3.62. The number of piperazine rings is 1. The summed E-state index contributed by atoms with van der Waals surface area (Å²) in [5, 5.41) is 10.9. The molecule has 0 unspecified atom stereocenters. The molecule has 0 aromatic heterocycles. The molecule has 8 heteroatoms. The topological polar surface area (TPSA) is 86.3 Å². The molecule has 0 radical (unpaired) electrons. The zero-order chi connectivity index (χ0) is 19.9. The summed E-state index contributed by atoms with van der Waals surface area (Å²) < 4.78 is 10.7. The fraction of sp³-hybridized carbons (Fsp3) is 0.350. The van der Waals surface area contributed by atoms with Gasteiger partial charge in [-0.05, 0) is 24.3 Å². The number of hydrogen-bond donors (Lipinski definition) is 1. The number of nitro groups is 1. The van der Waals surface area contributed by atoms with Crippen molar-refractivity contribution in [3.05, 3.63) is 64.2 Å². The highest BCUT2D eigenvalue weighted by atomic mass is 16.6. The fourth-order valence-electron chi connectivity index (χ4n) is 3.23. The van der Waals surface area contributed by atoms with Crippen LogP contribution in [0.15, 0.2) is 48.5 Å². The third-order valence-corrected chi connectivity index (χ3v) is 4.82. The molecule has 1 saturated heterocycles. The minimum Gasteiger partial charge on any atom is -0.497 e. The lowest BCUT2D eigenvalue weighted by Crippen LogP contribution is -3.13. The van der Waals surface area contributed by atoms with E-state index in [2.05, 4.69) is 0 Å². The summed E-state index contributed by atoms with van der Waals surface area (Å²) in [5.74, 6) is 1.33. The van der Waals surface area contributed by atoms with Crippen molar-refractivity contribution in [3.63, 3.8) is 0 Å². The highest BCUT2D eigenvalue weighted by molar-refractivity contribution is 5.77. The number of methoxy groups -OCH3 is 1. The Kier molecular flexibility index (Phi) is 6.44. The maximum Gasteiger partial charge on any atom is 0.269 e. The maximum absolute atomic E-state index is 12.4. The Morgan fingerprint density at radius 3 is 2.46 bits per heavy atom. The van der Waals surface area contributed by atoms with Gasteiger partial charge in [0.05, 0.1) is 38.2 Å². The van der Waals surface area contributed by atoms with Crippen molar-refractivity contribution in [2.45, 2.75) is 6.54 Å². The number of hydrogen-bond acceptors (Lipinski definition) is 5. The van der Waals surface area contributed by atoms with Crippen molar-refractivity contribution < 1.29 is 24.1 Å². The molecule has 1 N–H and O–H groups in total. The average Bonchev–Trinajstić information content (AvgIpc) is 2.73. The summed E-state index contributed by atoms with van der Waals surface area (Å²) in [7, 11) is 1.60. The van der Waals surface area contributed by atoms with Crippen molar-refractivity contribution in [1.29, 1.82) is 0 Å². The van der Waals surface area contributed by atoms with Gasteiger partial charge in [-0.2, -0.15) is 0 Å². The van der Waals surface area contributed by atoms with Gasteiger partial charge in [0.25, 0.3) is 11.6 Å². The molecule has 1 aliphatic heterocycles. The summed E-state index contributed by atoms with van der Waals surface area (Å²) >= 11 is 0. The van der Waals surface area contributed by atoms with E-state index in [0.29, 0.717) is 25.4 Å². The Balaban J connectivity index is 1.44. The Bertz CT molecular complexity index is 817. The number of non-ortho nitro benzene ring substituents is 1. The number of nitro benzene ring substituents is 1. The highest BCUT2D eigenvalue weighted by Gasteiger charge is 2.24. The smallest absolute Gasteiger partial charge is 0.269 e. The lowest BCUT2D eigenvalue weighted by Gasteiger charge is -2.32. The summed E-state index contributed by atoms with van der Waals surface area (Å²) in [6, 6.07) is 13.8. The van der Waals surface area contributed by atoms with Gasteiger partial charge in [-0.1, -0.05) is 12.1 Å². The van der Waals surface area contributed by atoms with Gasteiger partial charge in [-0.3, -0.25) is 14.9 Å². The number of quaternary nitrogens is 1. The first kappa shape index (κ1) is 19.6. The van der Waals surface area contributed by atoms with E-state index in [1.807, 2.05) is 6.07 Å². The van der Waals surface area contributed by atoms with Gasteiger partial charge in [0.1, 0.15) is 18.0 Å². The molecule has 148 valence electrons. The highest BCUT2D eigenvalue weighted by Crippen LogP contribution is 2.17. The SMILES string of the molecule is COc1ccc(OCC(=O)N2CC[NH+](Cc3cccc([N+](=O)[O-])c3)CC2)cc1. The molecular formula is C20H24N3O5+. The van der Waals surface area contributed by atoms with Crippen LogP contribution in [-0.2, 0) is 11.3 Å². The van der Waals surface area contributed by atoms with Crippen LogP contribution < -0.4 is 14.4 Å². The Morgan fingerprint density at radius 2 is 1.82 bits per heavy atom. The van der Waals surface area contributed by atoms with E-state index in [1.165, 1.54) is 11.0 Å². The molecule has 3 rings (SSSR count). The van der Waals surface area contributed by atoms with Gasteiger partial charge in [0, 0.05) is 17.7 Å². The molecule has 2 aromatic rings. The van der Waals surface area contributed by atoms with E-state index in [0.717, 1.165) is 24.4 Å². The van der Waals surface area contributed by atoms with Crippen LogP contribution in [0, 0.1) is 10.1 Å². The van der Waals surface area contributed by atoms with Gasteiger partial charge in [-0.15, -0.1) is 0 Å². The number of amides is 1. The quantitative estimate of drug-likeness (QED) is 0.565. The van der Waals surface area contributed by atoms with Crippen molar-refractivity contribution in [3.8, 4) is 11.5 Å². The third-order valence-electron chi connectivity index (χ3n) is 4.82. The first-order valence-corrected chi connectivity index (χ1v) is 9.16. The standard InChI is InChI=1S/C20H23N3O5/c1-27-18-5-7-19(8-6-18)28-15-20(24)22-11-9-21(10-12-22)14-16-3-2-4-17(13-16)23(25)26/h2-8,13H,9-12,14-15H2,1H3/p+1. The molecular weight excluding hydrogens is 362 g/mol. The Hall–Kier alpha value is -3.13. The number of rotatable bonds is 7.